The lowest BCUT2D eigenvalue weighted by Gasteiger charge is -2.23. The van der Waals surface area contributed by atoms with E-state index in [2.05, 4.69) is 0 Å². The van der Waals surface area contributed by atoms with Crippen molar-refractivity contribution in [1.29, 1.82) is 0 Å². The lowest BCUT2D eigenvalue weighted by molar-refractivity contribution is 0.0691. The summed E-state index contributed by atoms with van der Waals surface area (Å²) < 4.78 is 16.1. The fourth-order valence-electron chi connectivity index (χ4n) is 3.63. The zero-order valence-corrected chi connectivity index (χ0v) is 14.5. The molecular formula is C17H17ClFN3O4. The number of carboxylic acid groups (broad SMARTS) is 1. The van der Waals surface area contributed by atoms with Gasteiger partial charge in [0.2, 0.25) is 0 Å². The van der Waals surface area contributed by atoms with Gasteiger partial charge >= 0.3 is 5.97 Å². The average molecular weight is 382 g/mol. The van der Waals surface area contributed by atoms with Crippen LogP contribution in [0.5, 0.6) is 5.75 Å². The van der Waals surface area contributed by atoms with Crippen molar-refractivity contribution in [2.75, 3.05) is 18.0 Å². The standard InChI is InChI=1S/C17H17ClFN3O4/c18-12-13-9(5-10(19)14(12)21-4-3-7(20)6-21)15(23)11(17(25)26)16(24)22(13)8-1-2-8/h5,7-8,23H,1-4,6,20H2,(H,25,26). The van der Waals surface area contributed by atoms with Crippen LogP contribution in [0.4, 0.5) is 10.1 Å². The van der Waals surface area contributed by atoms with Crippen LogP contribution in [-0.2, 0) is 0 Å². The van der Waals surface area contributed by atoms with Crippen molar-refractivity contribution in [3.05, 3.63) is 32.8 Å². The van der Waals surface area contributed by atoms with Crippen molar-refractivity contribution in [2.45, 2.75) is 31.3 Å². The number of pyridine rings is 1. The second-order valence-electron chi connectivity index (χ2n) is 6.85. The minimum atomic E-state index is -1.56. The number of halogens is 2. The highest BCUT2D eigenvalue weighted by Crippen LogP contribution is 2.44. The van der Waals surface area contributed by atoms with Gasteiger partial charge in [-0.25, -0.2) is 9.18 Å². The van der Waals surface area contributed by atoms with Crippen molar-refractivity contribution in [2.24, 2.45) is 5.73 Å². The molecule has 9 heteroatoms. The van der Waals surface area contributed by atoms with E-state index in [4.69, 9.17) is 17.3 Å². The smallest absolute Gasteiger partial charge is 0.345 e. The number of hydrogen-bond donors (Lipinski definition) is 3. The maximum Gasteiger partial charge on any atom is 0.345 e. The number of carboxylic acids is 1. The van der Waals surface area contributed by atoms with E-state index in [1.54, 1.807) is 4.90 Å². The van der Waals surface area contributed by atoms with E-state index in [0.29, 0.717) is 32.4 Å². The van der Waals surface area contributed by atoms with Gasteiger partial charge in [-0.3, -0.25) is 4.79 Å². The second kappa shape index (κ2) is 5.85. The summed E-state index contributed by atoms with van der Waals surface area (Å²) in [6.45, 7) is 0.950. The van der Waals surface area contributed by atoms with Gasteiger partial charge in [-0.2, -0.15) is 0 Å². The Labute approximate surface area is 152 Å². The van der Waals surface area contributed by atoms with Crippen LogP contribution in [0.25, 0.3) is 10.9 Å². The Morgan fingerprint density at radius 1 is 1.35 bits per heavy atom. The Kier molecular flexibility index (Phi) is 3.85. The maximum absolute atomic E-state index is 14.8. The molecule has 1 atom stereocenters. The number of benzene rings is 1. The molecular weight excluding hydrogens is 365 g/mol. The fourth-order valence-corrected chi connectivity index (χ4v) is 4.03. The summed E-state index contributed by atoms with van der Waals surface area (Å²) in [4.78, 5) is 25.8. The van der Waals surface area contributed by atoms with Crippen molar-refractivity contribution >= 4 is 34.2 Å². The number of aromatic carboxylic acids is 1. The Morgan fingerprint density at radius 2 is 2.04 bits per heavy atom. The Morgan fingerprint density at radius 3 is 2.58 bits per heavy atom. The number of fused-ring (bicyclic) bond motifs is 1. The average Bonchev–Trinajstić information content (AvgIpc) is 3.30. The SMILES string of the molecule is NC1CCN(c2c(F)cc3c(O)c(C(=O)O)c(=O)n(C4CC4)c3c2Cl)C1. The Bertz CT molecular complexity index is 1000. The van der Waals surface area contributed by atoms with Crippen molar-refractivity contribution in [3.63, 3.8) is 0 Å². The molecule has 1 unspecified atom stereocenters. The van der Waals surface area contributed by atoms with E-state index >= 15 is 0 Å². The first kappa shape index (κ1) is 17.1. The molecule has 1 saturated carbocycles. The van der Waals surface area contributed by atoms with Crippen LogP contribution < -0.4 is 16.2 Å². The van der Waals surface area contributed by atoms with Gasteiger partial charge < -0.3 is 25.4 Å². The Balaban J connectivity index is 2.08. The highest BCUT2D eigenvalue weighted by molar-refractivity contribution is 6.38. The molecule has 7 nitrogen and oxygen atoms in total. The molecule has 1 aliphatic heterocycles. The monoisotopic (exact) mass is 381 g/mol. The van der Waals surface area contributed by atoms with Gasteiger partial charge in [0, 0.05) is 30.6 Å². The van der Waals surface area contributed by atoms with Gasteiger partial charge in [0.05, 0.1) is 16.2 Å². The van der Waals surface area contributed by atoms with Gasteiger partial charge in [0.25, 0.3) is 5.56 Å². The topological polar surface area (TPSA) is 109 Å². The normalized spacial score (nSPS) is 20.1. The van der Waals surface area contributed by atoms with E-state index in [1.165, 1.54) is 4.57 Å². The summed E-state index contributed by atoms with van der Waals surface area (Å²) in [5, 5.41) is 19.5. The predicted molar refractivity (Wildman–Crippen MR) is 94.9 cm³/mol. The largest absolute Gasteiger partial charge is 0.506 e. The van der Waals surface area contributed by atoms with E-state index < -0.39 is 28.7 Å². The second-order valence-corrected chi connectivity index (χ2v) is 7.22. The molecule has 2 aromatic rings. The molecule has 1 aromatic carbocycles. The third kappa shape index (κ3) is 2.44. The van der Waals surface area contributed by atoms with E-state index in [0.717, 1.165) is 6.07 Å². The van der Waals surface area contributed by atoms with Gasteiger partial charge in [0.1, 0.15) is 11.6 Å². The molecule has 1 saturated heterocycles. The molecule has 0 bridgehead atoms. The van der Waals surface area contributed by atoms with E-state index in [-0.39, 0.29) is 33.7 Å². The first-order valence-corrected chi connectivity index (χ1v) is 8.72. The van der Waals surface area contributed by atoms with Crippen LogP contribution in [0.1, 0.15) is 35.7 Å². The van der Waals surface area contributed by atoms with Crippen LogP contribution in [-0.4, -0.2) is 39.9 Å². The van der Waals surface area contributed by atoms with Crippen LogP contribution in [0.15, 0.2) is 10.9 Å². The molecule has 1 aliphatic carbocycles. The molecule has 1 aromatic heterocycles. The predicted octanol–water partition coefficient (Wildman–Crippen LogP) is 2.07. The summed E-state index contributed by atoms with van der Waals surface area (Å²) in [7, 11) is 0. The summed E-state index contributed by atoms with van der Waals surface area (Å²) in [6.07, 6.45) is 2.07. The number of carbonyl (C=O) groups is 1. The summed E-state index contributed by atoms with van der Waals surface area (Å²) in [5.74, 6) is -3.01. The molecule has 0 amide bonds. The van der Waals surface area contributed by atoms with Gasteiger partial charge in [-0.05, 0) is 25.3 Å². The highest BCUT2D eigenvalue weighted by Gasteiger charge is 2.34. The van der Waals surface area contributed by atoms with Crippen LogP contribution in [0, 0.1) is 5.82 Å². The molecule has 26 heavy (non-hydrogen) atoms. The molecule has 2 fully saturated rings. The zero-order chi connectivity index (χ0) is 18.7. The molecule has 138 valence electrons. The molecule has 4 rings (SSSR count). The van der Waals surface area contributed by atoms with Gasteiger partial charge in [-0.15, -0.1) is 0 Å². The number of anilines is 1. The minimum Gasteiger partial charge on any atom is -0.506 e. The summed E-state index contributed by atoms with van der Waals surface area (Å²) >= 11 is 6.49. The van der Waals surface area contributed by atoms with Gasteiger partial charge in [0.15, 0.2) is 5.56 Å². The number of nitrogens with zero attached hydrogens (tertiary/aromatic N) is 2. The number of hydrogen-bond acceptors (Lipinski definition) is 5. The quantitative estimate of drug-likeness (QED) is 0.751. The lowest BCUT2D eigenvalue weighted by Crippen LogP contribution is -2.29. The molecule has 2 heterocycles. The minimum absolute atomic E-state index is 0.00895. The molecule has 2 aliphatic rings. The van der Waals surface area contributed by atoms with Gasteiger partial charge in [-0.1, -0.05) is 11.6 Å². The van der Waals surface area contributed by atoms with Crippen molar-refractivity contribution < 1.29 is 19.4 Å². The van der Waals surface area contributed by atoms with Crippen LogP contribution in [0.2, 0.25) is 5.02 Å². The first-order valence-electron chi connectivity index (χ1n) is 8.34. The summed E-state index contributed by atoms with van der Waals surface area (Å²) in [5.41, 5.74) is 4.59. The van der Waals surface area contributed by atoms with Crippen LogP contribution >= 0.6 is 11.6 Å². The maximum atomic E-state index is 14.8. The number of rotatable bonds is 3. The van der Waals surface area contributed by atoms with Crippen LogP contribution in [0.3, 0.4) is 0 Å². The number of aromatic hydroxyl groups is 1. The first-order chi connectivity index (χ1) is 12.3. The lowest BCUT2D eigenvalue weighted by atomic mass is 10.1. The fraction of sp³-hybridized carbons (Fsp3) is 0.412. The third-order valence-corrected chi connectivity index (χ3v) is 5.36. The third-order valence-electron chi connectivity index (χ3n) is 5.00. The number of aromatic nitrogens is 1. The van der Waals surface area contributed by atoms with E-state index in [1.807, 2.05) is 0 Å². The van der Waals surface area contributed by atoms with E-state index in [9.17, 15) is 24.2 Å². The Hall–Kier alpha value is -2.32. The van der Waals surface area contributed by atoms with Crippen molar-refractivity contribution in [1.82, 2.24) is 4.57 Å². The highest BCUT2D eigenvalue weighted by atomic mass is 35.5. The molecule has 0 radical (unpaired) electrons. The molecule has 0 spiro atoms. The summed E-state index contributed by atoms with van der Waals surface area (Å²) in [6, 6.07) is 0.732. The number of nitrogens with two attached hydrogens (primary N) is 1. The zero-order valence-electron chi connectivity index (χ0n) is 13.7. The molecule has 4 N–H and O–H groups in total. The van der Waals surface area contributed by atoms with Crippen molar-refractivity contribution in [3.8, 4) is 5.75 Å².